The van der Waals surface area contributed by atoms with E-state index >= 15 is 0 Å². The second-order valence-corrected chi connectivity index (χ2v) is 7.55. The molecule has 148 valence electrons. The molecule has 0 unspecified atom stereocenters. The minimum Gasteiger partial charge on any atom is -0.497 e. The summed E-state index contributed by atoms with van der Waals surface area (Å²) in [5.74, 6) is 1.15. The van der Waals surface area contributed by atoms with Crippen LogP contribution in [0.15, 0.2) is 54.6 Å². The third-order valence-corrected chi connectivity index (χ3v) is 4.27. The molecule has 0 saturated carbocycles. The highest BCUT2D eigenvalue weighted by Crippen LogP contribution is 2.27. The van der Waals surface area contributed by atoms with Gasteiger partial charge in [-0.05, 0) is 30.3 Å². The molecule has 0 spiro atoms. The van der Waals surface area contributed by atoms with E-state index in [1.807, 2.05) is 32.9 Å². The third-order valence-electron chi connectivity index (χ3n) is 4.27. The average Bonchev–Trinajstić information content (AvgIpc) is 3.12. The van der Waals surface area contributed by atoms with Crippen LogP contribution in [0.5, 0.6) is 5.75 Å². The molecular formula is C22H23N5O2. The Kier molecular flexibility index (Phi) is 5.55. The molecule has 0 atom stereocenters. The number of rotatable bonds is 4. The molecule has 7 heteroatoms. The zero-order valence-electron chi connectivity index (χ0n) is 16.9. The van der Waals surface area contributed by atoms with Gasteiger partial charge in [-0.25, -0.2) is 9.48 Å². The van der Waals surface area contributed by atoms with Gasteiger partial charge in [0.05, 0.1) is 30.1 Å². The van der Waals surface area contributed by atoms with Crippen LogP contribution >= 0.6 is 0 Å². The van der Waals surface area contributed by atoms with E-state index in [2.05, 4.69) is 21.8 Å². The summed E-state index contributed by atoms with van der Waals surface area (Å²) in [6, 6.07) is 17.7. The fourth-order valence-electron chi connectivity index (χ4n) is 2.72. The smallest absolute Gasteiger partial charge is 0.324 e. The largest absolute Gasteiger partial charge is 0.497 e. The Morgan fingerprint density at radius 1 is 1.10 bits per heavy atom. The number of ether oxygens (including phenoxy) is 1. The number of carbonyl (C=O) groups is 1. The number of nitriles is 1. The number of nitrogens with zero attached hydrogens (tertiary/aromatic N) is 3. The molecule has 7 nitrogen and oxygen atoms in total. The van der Waals surface area contributed by atoms with E-state index in [4.69, 9.17) is 4.74 Å². The Labute approximate surface area is 169 Å². The summed E-state index contributed by atoms with van der Waals surface area (Å²) < 4.78 is 6.81. The highest BCUT2D eigenvalue weighted by molar-refractivity contribution is 5.99. The molecule has 2 aromatic carbocycles. The van der Waals surface area contributed by atoms with Crippen LogP contribution in [0.2, 0.25) is 0 Å². The van der Waals surface area contributed by atoms with Crippen LogP contribution in [-0.4, -0.2) is 22.9 Å². The second-order valence-electron chi connectivity index (χ2n) is 7.55. The van der Waals surface area contributed by atoms with E-state index in [1.54, 1.807) is 54.3 Å². The van der Waals surface area contributed by atoms with Crippen LogP contribution in [0.25, 0.3) is 5.69 Å². The van der Waals surface area contributed by atoms with Gasteiger partial charge in [-0.3, -0.25) is 5.32 Å². The van der Waals surface area contributed by atoms with Gasteiger partial charge in [0.15, 0.2) is 0 Å². The topological polar surface area (TPSA) is 92.0 Å². The van der Waals surface area contributed by atoms with Gasteiger partial charge >= 0.3 is 6.03 Å². The summed E-state index contributed by atoms with van der Waals surface area (Å²) >= 11 is 0. The summed E-state index contributed by atoms with van der Waals surface area (Å²) in [5, 5.41) is 19.5. The van der Waals surface area contributed by atoms with Gasteiger partial charge in [0.25, 0.3) is 0 Å². The van der Waals surface area contributed by atoms with Crippen molar-refractivity contribution in [3.8, 4) is 17.5 Å². The molecule has 1 heterocycles. The number of hydrogen-bond donors (Lipinski definition) is 2. The van der Waals surface area contributed by atoms with Crippen LogP contribution in [0.1, 0.15) is 32.0 Å². The fraction of sp³-hybridized carbons (Fsp3) is 0.227. The van der Waals surface area contributed by atoms with E-state index in [1.165, 1.54) is 0 Å². The molecule has 0 aliphatic carbocycles. The van der Waals surface area contributed by atoms with Crippen LogP contribution in [0.3, 0.4) is 0 Å². The van der Waals surface area contributed by atoms with Crippen LogP contribution < -0.4 is 15.4 Å². The minimum absolute atomic E-state index is 0.211. The number of carbonyl (C=O) groups excluding carboxylic acids is 1. The van der Waals surface area contributed by atoms with Gasteiger partial charge in [-0.15, -0.1) is 0 Å². The summed E-state index contributed by atoms with van der Waals surface area (Å²) in [6.07, 6.45) is 0. The average molecular weight is 389 g/mol. The molecule has 0 radical (unpaired) electrons. The summed E-state index contributed by atoms with van der Waals surface area (Å²) in [7, 11) is 1.57. The highest BCUT2D eigenvalue weighted by Gasteiger charge is 2.21. The normalized spacial score (nSPS) is 10.9. The Balaban J connectivity index is 1.91. The zero-order chi connectivity index (χ0) is 21.0. The first-order valence-electron chi connectivity index (χ1n) is 9.13. The maximum atomic E-state index is 12.6. The van der Waals surface area contributed by atoms with Crippen molar-refractivity contribution in [1.82, 2.24) is 9.78 Å². The van der Waals surface area contributed by atoms with Crippen LogP contribution in [-0.2, 0) is 5.41 Å². The molecule has 1 aromatic heterocycles. The van der Waals surface area contributed by atoms with Crippen molar-refractivity contribution in [2.24, 2.45) is 0 Å². The molecular weight excluding hydrogens is 366 g/mol. The first-order valence-corrected chi connectivity index (χ1v) is 9.13. The van der Waals surface area contributed by atoms with E-state index in [9.17, 15) is 10.1 Å². The highest BCUT2D eigenvalue weighted by atomic mass is 16.5. The van der Waals surface area contributed by atoms with E-state index in [-0.39, 0.29) is 5.41 Å². The molecule has 0 aliphatic rings. The maximum absolute atomic E-state index is 12.6. The van der Waals surface area contributed by atoms with Gasteiger partial charge in [0.1, 0.15) is 11.6 Å². The molecule has 0 saturated heterocycles. The molecule has 2 N–H and O–H groups in total. The van der Waals surface area contributed by atoms with Gasteiger partial charge in [-0.1, -0.05) is 32.9 Å². The zero-order valence-corrected chi connectivity index (χ0v) is 16.9. The van der Waals surface area contributed by atoms with Crippen molar-refractivity contribution < 1.29 is 9.53 Å². The predicted octanol–water partition coefficient (Wildman–Crippen LogP) is 4.69. The van der Waals surface area contributed by atoms with Crippen molar-refractivity contribution in [3.05, 3.63) is 65.9 Å². The Hall–Kier alpha value is -3.79. The Bertz CT molecular complexity index is 1070. The lowest BCUT2D eigenvalue weighted by molar-refractivity contribution is 0.262. The van der Waals surface area contributed by atoms with Crippen LogP contribution in [0.4, 0.5) is 16.3 Å². The van der Waals surface area contributed by atoms with Crippen LogP contribution in [0, 0.1) is 11.3 Å². The lowest BCUT2D eigenvalue weighted by Gasteiger charge is -2.14. The van der Waals surface area contributed by atoms with Crippen molar-refractivity contribution in [3.63, 3.8) is 0 Å². The van der Waals surface area contributed by atoms with E-state index < -0.39 is 6.03 Å². The summed E-state index contributed by atoms with van der Waals surface area (Å²) in [4.78, 5) is 12.6. The monoisotopic (exact) mass is 389 g/mol. The quantitative estimate of drug-likeness (QED) is 0.677. The number of benzene rings is 2. The van der Waals surface area contributed by atoms with Crippen molar-refractivity contribution >= 4 is 17.5 Å². The predicted molar refractivity (Wildman–Crippen MR) is 113 cm³/mol. The lowest BCUT2D eigenvalue weighted by Crippen LogP contribution is -2.21. The third kappa shape index (κ3) is 4.74. The molecule has 3 aromatic rings. The summed E-state index contributed by atoms with van der Waals surface area (Å²) in [6.45, 7) is 6.14. The van der Waals surface area contributed by atoms with E-state index in [0.29, 0.717) is 28.5 Å². The number of aromatic nitrogens is 2. The molecule has 29 heavy (non-hydrogen) atoms. The lowest BCUT2D eigenvalue weighted by atomic mass is 9.92. The van der Waals surface area contributed by atoms with Gasteiger partial charge in [-0.2, -0.15) is 10.4 Å². The molecule has 0 aliphatic heterocycles. The second kappa shape index (κ2) is 8.07. The number of urea groups is 1. The number of methoxy groups -OCH3 is 1. The Morgan fingerprint density at radius 2 is 1.86 bits per heavy atom. The van der Waals surface area contributed by atoms with Crippen molar-refractivity contribution in [1.29, 1.82) is 5.26 Å². The molecule has 0 bridgehead atoms. The van der Waals surface area contributed by atoms with Gasteiger partial charge in [0, 0.05) is 23.2 Å². The van der Waals surface area contributed by atoms with Crippen molar-refractivity contribution in [2.75, 3.05) is 17.7 Å². The number of anilines is 2. The number of hydrogen-bond acceptors (Lipinski definition) is 4. The Morgan fingerprint density at radius 3 is 2.55 bits per heavy atom. The maximum Gasteiger partial charge on any atom is 0.324 e. The fourth-order valence-corrected chi connectivity index (χ4v) is 2.72. The van der Waals surface area contributed by atoms with Gasteiger partial charge in [0.2, 0.25) is 0 Å². The summed E-state index contributed by atoms with van der Waals surface area (Å²) in [5.41, 5.74) is 2.42. The molecule has 3 rings (SSSR count). The number of amides is 2. The SMILES string of the molecule is COc1cccc(NC(=O)Nc2cc(C(C)(C)C)nn2-c2cccc(C#N)c2)c1. The molecule has 2 amide bonds. The first-order chi connectivity index (χ1) is 13.8. The molecule has 0 fully saturated rings. The minimum atomic E-state index is -0.406. The number of nitrogens with one attached hydrogen (secondary N) is 2. The first kappa shape index (κ1) is 20.0. The standard InChI is InChI=1S/C22H23N5O2/c1-22(2,3)19-13-20(27(26-19)17-9-5-7-15(11-17)14-23)25-21(28)24-16-8-6-10-18(12-16)29-4/h5-13H,1-4H3,(H2,24,25,28). The van der Waals surface area contributed by atoms with E-state index in [0.717, 1.165) is 5.69 Å². The van der Waals surface area contributed by atoms with Gasteiger partial charge < -0.3 is 10.1 Å². The van der Waals surface area contributed by atoms with Crippen molar-refractivity contribution in [2.45, 2.75) is 26.2 Å².